The fraction of sp³-hybridized carbons (Fsp3) is 0.769. The Labute approximate surface area is 134 Å². The second-order valence-electron chi connectivity index (χ2n) is 5.58. The molecule has 0 aromatic carbocycles. The Hall–Kier alpha value is -0.790. The van der Waals surface area contributed by atoms with Gasteiger partial charge in [0.25, 0.3) is 0 Å². The minimum absolute atomic E-state index is 0.234. The predicted octanol–water partition coefficient (Wildman–Crippen LogP) is 2.06. The van der Waals surface area contributed by atoms with Crippen LogP contribution in [-0.4, -0.2) is 58.3 Å². The summed E-state index contributed by atoms with van der Waals surface area (Å²) < 4.78 is 5.61. The maximum absolute atomic E-state index is 6.03. The number of hydrogen-bond acceptors (Lipinski definition) is 7. The molecule has 1 atom stereocenters. The van der Waals surface area contributed by atoms with Crippen molar-refractivity contribution in [3.63, 3.8) is 0 Å². The summed E-state index contributed by atoms with van der Waals surface area (Å²) in [7, 11) is 0. The van der Waals surface area contributed by atoms with Crippen molar-refractivity contribution in [1.29, 1.82) is 0 Å². The van der Waals surface area contributed by atoms with Crippen molar-refractivity contribution in [1.82, 2.24) is 15.0 Å². The molecule has 3 heterocycles. The van der Waals surface area contributed by atoms with Gasteiger partial charge in [0.2, 0.25) is 17.2 Å². The zero-order valence-corrected chi connectivity index (χ0v) is 13.7. The fourth-order valence-corrected chi connectivity index (χ4v) is 3.97. The molecule has 0 saturated carbocycles. The molecule has 2 aliphatic heterocycles. The molecular weight excluding hydrogens is 310 g/mol. The second-order valence-corrected chi connectivity index (χ2v) is 7.60. The second kappa shape index (κ2) is 6.54. The maximum atomic E-state index is 6.03. The molecule has 0 bridgehead atoms. The van der Waals surface area contributed by atoms with Gasteiger partial charge in [-0.2, -0.15) is 26.7 Å². The number of nitrogens with zero attached hydrogens (tertiary/aromatic N) is 4. The highest BCUT2D eigenvalue weighted by atomic mass is 35.5. The van der Waals surface area contributed by atoms with Crippen LogP contribution in [0.5, 0.6) is 0 Å². The number of thioether (sulfide) groups is 1. The van der Waals surface area contributed by atoms with Crippen molar-refractivity contribution in [3.05, 3.63) is 5.28 Å². The minimum Gasteiger partial charge on any atom is -0.378 e. The normalized spacial score (nSPS) is 26.1. The van der Waals surface area contributed by atoms with E-state index in [4.69, 9.17) is 16.3 Å². The van der Waals surface area contributed by atoms with Gasteiger partial charge in [-0.05, 0) is 37.1 Å². The molecule has 0 aliphatic carbocycles. The number of hydrogen-bond donors (Lipinski definition) is 1. The molecule has 3 rings (SSSR count). The third-order valence-electron chi connectivity index (χ3n) is 3.81. The van der Waals surface area contributed by atoms with E-state index in [-0.39, 0.29) is 10.0 Å². The lowest BCUT2D eigenvalue weighted by atomic mass is 10.1. The zero-order valence-electron chi connectivity index (χ0n) is 12.1. The van der Waals surface area contributed by atoms with Crippen molar-refractivity contribution in [2.75, 3.05) is 48.8 Å². The van der Waals surface area contributed by atoms with Gasteiger partial charge in [0.15, 0.2) is 0 Å². The molecule has 2 saturated heterocycles. The van der Waals surface area contributed by atoms with E-state index >= 15 is 0 Å². The molecule has 1 unspecified atom stereocenters. The molecule has 116 valence electrons. The smallest absolute Gasteiger partial charge is 0.231 e. The molecule has 1 aromatic rings. The zero-order chi connectivity index (χ0) is 14.7. The Morgan fingerprint density at radius 2 is 2.14 bits per heavy atom. The average Bonchev–Trinajstić information content (AvgIpc) is 2.93. The lowest BCUT2D eigenvalue weighted by Crippen LogP contribution is -2.37. The van der Waals surface area contributed by atoms with Crippen molar-refractivity contribution in [2.45, 2.75) is 24.5 Å². The molecule has 21 heavy (non-hydrogen) atoms. The molecule has 0 radical (unpaired) electrons. The summed E-state index contributed by atoms with van der Waals surface area (Å²) in [6.07, 6.45) is 2.50. The third kappa shape index (κ3) is 3.90. The Bertz CT molecular complexity index is 491. The summed E-state index contributed by atoms with van der Waals surface area (Å²) in [4.78, 5) is 15.0. The maximum Gasteiger partial charge on any atom is 0.231 e. The highest BCUT2D eigenvalue weighted by molar-refractivity contribution is 8.00. The van der Waals surface area contributed by atoms with E-state index in [1.807, 2.05) is 11.8 Å². The predicted molar refractivity (Wildman–Crippen MR) is 86.5 cm³/mol. The van der Waals surface area contributed by atoms with E-state index in [1.165, 1.54) is 18.6 Å². The number of rotatable bonds is 4. The van der Waals surface area contributed by atoms with Crippen LogP contribution in [0.4, 0.5) is 11.9 Å². The van der Waals surface area contributed by atoms with Gasteiger partial charge < -0.3 is 15.0 Å². The van der Waals surface area contributed by atoms with Gasteiger partial charge in [-0.15, -0.1) is 0 Å². The number of halogens is 1. The average molecular weight is 330 g/mol. The standard InChI is InChI=1S/C13H20ClN5OS/c1-13(3-2-8-21-13)9-15-11-16-10(14)17-12(18-11)19-4-6-20-7-5-19/h2-9H2,1H3,(H,15,16,17,18). The first-order valence-corrected chi connectivity index (χ1v) is 8.63. The van der Waals surface area contributed by atoms with Crippen molar-refractivity contribution in [2.24, 2.45) is 0 Å². The van der Waals surface area contributed by atoms with E-state index in [9.17, 15) is 0 Å². The molecule has 0 amide bonds. The summed E-state index contributed by atoms with van der Waals surface area (Å²) in [5.74, 6) is 2.42. The number of morpholine rings is 1. The van der Waals surface area contributed by atoms with Gasteiger partial charge >= 0.3 is 0 Å². The van der Waals surface area contributed by atoms with Crippen LogP contribution in [0.15, 0.2) is 0 Å². The molecular formula is C13H20ClN5OS. The lowest BCUT2D eigenvalue weighted by molar-refractivity contribution is 0.122. The SMILES string of the molecule is CC1(CNc2nc(Cl)nc(N3CCOCC3)n2)CCCS1. The molecule has 0 spiro atoms. The van der Waals surface area contributed by atoms with E-state index in [1.54, 1.807) is 0 Å². The Balaban J connectivity index is 1.68. The van der Waals surface area contributed by atoms with Crippen LogP contribution in [0.25, 0.3) is 0 Å². The molecule has 8 heteroatoms. The largest absolute Gasteiger partial charge is 0.378 e. The van der Waals surface area contributed by atoms with Crippen molar-refractivity contribution < 1.29 is 4.74 Å². The lowest BCUT2D eigenvalue weighted by Gasteiger charge is -2.27. The molecule has 1 N–H and O–H groups in total. The molecule has 2 fully saturated rings. The summed E-state index contributed by atoms with van der Waals surface area (Å²) >= 11 is 8.04. The summed E-state index contributed by atoms with van der Waals surface area (Å²) in [5, 5.41) is 3.56. The monoisotopic (exact) mass is 329 g/mol. The third-order valence-corrected chi connectivity index (χ3v) is 5.52. The highest BCUT2D eigenvalue weighted by Crippen LogP contribution is 2.37. The Morgan fingerprint density at radius 3 is 2.86 bits per heavy atom. The molecule has 6 nitrogen and oxygen atoms in total. The van der Waals surface area contributed by atoms with Gasteiger partial charge in [-0.25, -0.2) is 0 Å². The van der Waals surface area contributed by atoms with Gasteiger partial charge in [0.05, 0.1) is 13.2 Å². The first kappa shape index (κ1) is 15.1. The first-order valence-electron chi connectivity index (χ1n) is 7.27. The van der Waals surface area contributed by atoms with Crippen LogP contribution in [0.1, 0.15) is 19.8 Å². The van der Waals surface area contributed by atoms with Crippen LogP contribution >= 0.6 is 23.4 Å². The van der Waals surface area contributed by atoms with Crippen molar-refractivity contribution in [3.8, 4) is 0 Å². The number of aromatic nitrogens is 3. The topological polar surface area (TPSA) is 63.2 Å². The van der Waals surface area contributed by atoms with Gasteiger partial charge in [-0.1, -0.05) is 0 Å². The number of anilines is 2. The van der Waals surface area contributed by atoms with E-state index < -0.39 is 0 Å². The van der Waals surface area contributed by atoms with E-state index in [0.717, 1.165) is 19.6 Å². The van der Waals surface area contributed by atoms with Crippen LogP contribution in [0, 0.1) is 0 Å². The number of nitrogens with one attached hydrogen (secondary N) is 1. The Kier molecular flexibility index (Phi) is 4.71. The van der Waals surface area contributed by atoms with E-state index in [2.05, 4.69) is 32.1 Å². The molecule has 2 aliphatic rings. The summed E-state index contributed by atoms with van der Waals surface area (Å²) in [6, 6.07) is 0. The Morgan fingerprint density at radius 1 is 1.33 bits per heavy atom. The minimum atomic E-state index is 0.234. The van der Waals surface area contributed by atoms with E-state index in [0.29, 0.717) is 25.1 Å². The highest BCUT2D eigenvalue weighted by Gasteiger charge is 2.29. The fourth-order valence-electron chi connectivity index (χ4n) is 2.57. The van der Waals surface area contributed by atoms with Gasteiger partial charge in [0.1, 0.15) is 0 Å². The molecule has 1 aromatic heterocycles. The van der Waals surface area contributed by atoms with Crippen LogP contribution < -0.4 is 10.2 Å². The quantitative estimate of drug-likeness (QED) is 0.907. The van der Waals surface area contributed by atoms with Crippen LogP contribution in [-0.2, 0) is 4.74 Å². The van der Waals surface area contributed by atoms with Gasteiger partial charge in [-0.3, -0.25) is 0 Å². The number of ether oxygens (including phenoxy) is 1. The first-order chi connectivity index (χ1) is 10.1. The summed E-state index contributed by atoms with van der Waals surface area (Å²) in [6.45, 7) is 6.09. The summed E-state index contributed by atoms with van der Waals surface area (Å²) in [5.41, 5.74) is 0. The van der Waals surface area contributed by atoms with Crippen LogP contribution in [0.2, 0.25) is 5.28 Å². The van der Waals surface area contributed by atoms with Crippen LogP contribution in [0.3, 0.4) is 0 Å². The van der Waals surface area contributed by atoms with Gasteiger partial charge in [0, 0.05) is 24.4 Å². The van der Waals surface area contributed by atoms with Crippen molar-refractivity contribution >= 4 is 35.3 Å².